The van der Waals surface area contributed by atoms with E-state index in [4.69, 9.17) is 0 Å². The summed E-state index contributed by atoms with van der Waals surface area (Å²) < 4.78 is 15.1. The van der Waals surface area contributed by atoms with Crippen molar-refractivity contribution in [2.45, 2.75) is 43.4 Å². The summed E-state index contributed by atoms with van der Waals surface area (Å²) in [7, 11) is 0. The molecule has 0 amide bonds. The minimum absolute atomic E-state index is 0.0436. The molecule has 19 heavy (non-hydrogen) atoms. The zero-order valence-corrected chi connectivity index (χ0v) is 13.9. The van der Waals surface area contributed by atoms with Gasteiger partial charge in [-0.1, -0.05) is 28.8 Å². The molecule has 4 heteroatoms. The van der Waals surface area contributed by atoms with Gasteiger partial charge in [-0.25, -0.2) is 4.39 Å². The summed E-state index contributed by atoms with van der Waals surface area (Å²) in [5.41, 5.74) is 0.739. The average Bonchev–Trinajstić information content (AvgIpc) is 2.88. The molecule has 1 aromatic carbocycles. The minimum atomic E-state index is -0.132. The molecule has 1 N–H and O–H groups in total. The van der Waals surface area contributed by atoms with Crippen molar-refractivity contribution in [3.05, 3.63) is 34.1 Å². The Morgan fingerprint density at radius 2 is 2.11 bits per heavy atom. The van der Waals surface area contributed by atoms with Gasteiger partial charge in [0.1, 0.15) is 5.82 Å². The molecule has 1 unspecified atom stereocenters. The number of hydrogen-bond donors (Lipinski definition) is 1. The maximum absolute atomic E-state index is 13.8. The fourth-order valence-corrected chi connectivity index (χ4v) is 4.07. The highest BCUT2D eigenvalue weighted by atomic mass is 79.9. The summed E-state index contributed by atoms with van der Waals surface area (Å²) in [4.78, 5) is 0. The number of halogens is 2. The number of hydrogen-bond acceptors (Lipinski definition) is 2. The van der Waals surface area contributed by atoms with E-state index in [1.165, 1.54) is 31.7 Å². The predicted octanol–water partition coefficient (Wildman–Crippen LogP) is 4.91. The van der Waals surface area contributed by atoms with Crippen LogP contribution < -0.4 is 5.32 Å². The Morgan fingerprint density at radius 1 is 1.42 bits per heavy atom. The molecule has 1 atom stereocenters. The van der Waals surface area contributed by atoms with Crippen molar-refractivity contribution in [2.24, 2.45) is 0 Å². The fraction of sp³-hybridized carbons (Fsp3) is 0.600. The summed E-state index contributed by atoms with van der Waals surface area (Å²) >= 11 is 5.37. The third kappa shape index (κ3) is 3.73. The minimum Gasteiger partial charge on any atom is -0.309 e. The second-order valence-electron chi connectivity index (χ2n) is 5.36. The first-order valence-electron chi connectivity index (χ1n) is 6.80. The predicted molar refractivity (Wildman–Crippen MR) is 85.2 cm³/mol. The maximum atomic E-state index is 13.8. The molecule has 0 saturated heterocycles. The van der Waals surface area contributed by atoms with Crippen LogP contribution in [0.3, 0.4) is 0 Å². The molecular weight excluding hydrogens is 325 g/mol. The first kappa shape index (κ1) is 15.3. The Kier molecular flexibility index (Phi) is 5.32. The van der Waals surface area contributed by atoms with Crippen LogP contribution in [0.4, 0.5) is 4.39 Å². The highest BCUT2D eigenvalue weighted by Gasteiger charge is 2.33. The van der Waals surface area contributed by atoms with Crippen molar-refractivity contribution in [3.8, 4) is 0 Å². The third-order valence-corrected chi connectivity index (χ3v) is 6.01. The van der Waals surface area contributed by atoms with E-state index in [1.54, 1.807) is 6.07 Å². The normalized spacial score (nSPS) is 19.6. The second kappa shape index (κ2) is 6.59. The molecule has 1 nitrogen and oxygen atoms in total. The lowest BCUT2D eigenvalue weighted by atomic mass is 10.0. The number of thioether (sulfide) groups is 1. The molecule has 0 aliphatic heterocycles. The first-order valence-corrected chi connectivity index (χ1v) is 8.82. The van der Waals surface area contributed by atoms with E-state index in [2.05, 4.69) is 27.5 Å². The lowest BCUT2D eigenvalue weighted by Gasteiger charge is -2.29. The zero-order chi connectivity index (χ0) is 13.9. The topological polar surface area (TPSA) is 12.0 Å². The molecule has 0 bridgehead atoms. The van der Waals surface area contributed by atoms with Crippen LogP contribution in [0.15, 0.2) is 22.7 Å². The van der Waals surface area contributed by atoms with Gasteiger partial charge in [-0.05, 0) is 44.2 Å². The van der Waals surface area contributed by atoms with Crippen molar-refractivity contribution in [1.29, 1.82) is 0 Å². The lowest BCUT2D eigenvalue weighted by molar-refractivity contribution is 0.472. The van der Waals surface area contributed by atoms with E-state index in [9.17, 15) is 4.39 Å². The third-order valence-electron chi connectivity index (χ3n) is 4.10. The van der Waals surface area contributed by atoms with Gasteiger partial charge in [0.05, 0.1) is 0 Å². The Balaban J connectivity index is 2.00. The van der Waals surface area contributed by atoms with E-state index in [0.29, 0.717) is 4.75 Å². The van der Waals surface area contributed by atoms with Crippen LogP contribution in [0.1, 0.15) is 44.2 Å². The Labute approximate surface area is 127 Å². The molecule has 1 aliphatic carbocycles. The Morgan fingerprint density at radius 3 is 2.74 bits per heavy atom. The second-order valence-corrected chi connectivity index (χ2v) is 7.55. The van der Waals surface area contributed by atoms with Gasteiger partial charge >= 0.3 is 0 Å². The van der Waals surface area contributed by atoms with Gasteiger partial charge in [-0.3, -0.25) is 0 Å². The standard InChI is InChI=1S/C15H21BrFNS/c1-11(13-9-12(16)5-6-14(13)17)18-10-15(19-2)7-3-4-8-15/h5-6,9,11,18H,3-4,7-8,10H2,1-2H3. The van der Waals surface area contributed by atoms with Gasteiger partial charge in [-0.2, -0.15) is 11.8 Å². The Hall–Kier alpha value is -0.0600. The van der Waals surface area contributed by atoms with Crippen LogP contribution in [-0.4, -0.2) is 17.5 Å². The van der Waals surface area contributed by atoms with Crippen LogP contribution in [0.5, 0.6) is 0 Å². The van der Waals surface area contributed by atoms with Crippen molar-refractivity contribution in [2.75, 3.05) is 12.8 Å². The fourth-order valence-electron chi connectivity index (χ4n) is 2.77. The number of benzene rings is 1. The van der Waals surface area contributed by atoms with Gasteiger partial charge < -0.3 is 5.32 Å². The van der Waals surface area contributed by atoms with Gasteiger partial charge in [0.2, 0.25) is 0 Å². The average molecular weight is 346 g/mol. The highest BCUT2D eigenvalue weighted by molar-refractivity contribution is 9.10. The molecule has 1 fully saturated rings. The van der Waals surface area contributed by atoms with Crippen molar-refractivity contribution in [3.63, 3.8) is 0 Å². The van der Waals surface area contributed by atoms with Crippen molar-refractivity contribution >= 4 is 27.7 Å². The van der Waals surface area contributed by atoms with E-state index in [0.717, 1.165) is 16.6 Å². The van der Waals surface area contributed by atoms with Crippen LogP contribution in [0.2, 0.25) is 0 Å². The van der Waals surface area contributed by atoms with Crippen LogP contribution in [0.25, 0.3) is 0 Å². The molecule has 1 aliphatic rings. The molecule has 106 valence electrons. The molecule has 0 aromatic heterocycles. The molecule has 2 rings (SSSR count). The van der Waals surface area contributed by atoms with E-state index in [1.807, 2.05) is 24.8 Å². The molecule has 1 saturated carbocycles. The molecule has 1 aromatic rings. The van der Waals surface area contributed by atoms with E-state index >= 15 is 0 Å². The van der Waals surface area contributed by atoms with Gasteiger partial charge in [-0.15, -0.1) is 0 Å². The molecule has 0 radical (unpaired) electrons. The molecular formula is C15H21BrFNS. The maximum Gasteiger partial charge on any atom is 0.128 e. The van der Waals surface area contributed by atoms with Crippen molar-refractivity contribution < 1.29 is 4.39 Å². The zero-order valence-electron chi connectivity index (χ0n) is 11.5. The van der Waals surface area contributed by atoms with E-state index in [-0.39, 0.29) is 11.9 Å². The summed E-state index contributed by atoms with van der Waals surface area (Å²) in [6.45, 7) is 3.00. The lowest BCUT2D eigenvalue weighted by Crippen LogP contribution is -2.36. The van der Waals surface area contributed by atoms with Gasteiger partial charge in [0.25, 0.3) is 0 Å². The SMILES string of the molecule is CSC1(CNC(C)c2cc(Br)ccc2F)CCCC1. The van der Waals surface area contributed by atoms with E-state index < -0.39 is 0 Å². The van der Waals surface area contributed by atoms with Crippen LogP contribution in [0, 0.1) is 5.82 Å². The summed E-state index contributed by atoms with van der Waals surface area (Å²) in [5.74, 6) is -0.132. The van der Waals surface area contributed by atoms with Gasteiger partial charge in [0, 0.05) is 27.4 Å². The molecule has 0 spiro atoms. The first-order chi connectivity index (χ1) is 9.06. The quantitative estimate of drug-likeness (QED) is 0.813. The van der Waals surface area contributed by atoms with Crippen LogP contribution in [-0.2, 0) is 0 Å². The van der Waals surface area contributed by atoms with Crippen molar-refractivity contribution in [1.82, 2.24) is 5.32 Å². The number of rotatable bonds is 5. The van der Waals surface area contributed by atoms with Gasteiger partial charge in [0.15, 0.2) is 0 Å². The molecule has 0 heterocycles. The van der Waals surface area contributed by atoms with Crippen LogP contribution >= 0.6 is 27.7 Å². The summed E-state index contributed by atoms with van der Waals surface area (Å²) in [5, 5.41) is 3.52. The monoisotopic (exact) mass is 345 g/mol. The smallest absolute Gasteiger partial charge is 0.128 e. The summed E-state index contributed by atoms with van der Waals surface area (Å²) in [6, 6.07) is 5.18. The largest absolute Gasteiger partial charge is 0.309 e. The number of nitrogens with one attached hydrogen (secondary N) is 1. The summed E-state index contributed by atoms with van der Waals surface area (Å²) in [6.07, 6.45) is 7.38. The Bertz CT molecular complexity index is 432. The highest BCUT2D eigenvalue weighted by Crippen LogP contribution is 2.40.